The molecule has 156 valence electrons. The van der Waals surface area contributed by atoms with Crippen molar-refractivity contribution in [3.63, 3.8) is 0 Å². The molecule has 5 rings (SSSR count). The maximum Gasteiger partial charge on any atom is 0.225 e. The molecule has 1 saturated heterocycles. The summed E-state index contributed by atoms with van der Waals surface area (Å²) in [5.41, 5.74) is 3.81. The Morgan fingerprint density at radius 3 is 2.47 bits per heavy atom. The topological polar surface area (TPSA) is 40.9 Å². The van der Waals surface area contributed by atoms with E-state index in [1.165, 1.54) is 25.0 Å². The lowest BCUT2D eigenvalue weighted by molar-refractivity contribution is -0.137. The van der Waals surface area contributed by atoms with Crippen molar-refractivity contribution in [3.05, 3.63) is 60.2 Å². The molecule has 1 amide bonds. The first kappa shape index (κ1) is 19.2. The van der Waals surface area contributed by atoms with Crippen LogP contribution in [-0.2, 0) is 11.3 Å². The van der Waals surface area contributed by atoms with Crippen LogP contribution >= 0.6 is 0 Å². The number of carbonyl (C=O) groups excluding carboxylic acids is 1. The largest absolute Gasteiger partial charge is 0.340 e. The second kappa shape index (κ2) is 8.19. The van der Waals surface area contributed by atoms with Gasteiger partial charge in [-0.25, -0.2) is 9.37 Å². The molecule has 2 aliphatic rings. The van der Waals surface area contributed by atoms with Crippen LogP contribution in [0.5, 0.6) is 0 Å². The number of pyridine rings is 1. The number of fused-ring (bicyclic) bond motifs is 1. The lowest BCUT2D eigenvalue weighted by Crippen LogP contribution is -2.49. The highest BCUT2D eigenvalue weighted by Gasteiger charge is 2.30. The van der Waals surface area contributed by atoms with Crippen molar-refractivity contribution in [3.8, 4) is 11.3 Å². The molecule has 0 N–H and O–H groups in total. The molecule has 1 saturated carbocycles. The SMILES string of the molecule is O=C(C1CCCC1)N1CCN(Cc2c(-c3ccc(F)cc3)nc3ccccn23)CC1. The number of halogens is 1. The Hall–Kier alpha value is -2.73. The van der Waals surface area contributed by atoms with Gasteiger partial charge in [-0.15, -0.1) is 0 Å². The van der Waals surface area contributed by atoms with Crippen LogP contribution < -0.4 is 0 Å². The van der Waals surface area contributed by atoms with Crippen LogP contribution in [0.4, 0.5) is 4.39 Å². The predicted molar refractivity (Wildman–Crippen MR) is 114 cm³/mol. The molecule has 0 atom stereocenters. The normalized spacial score (nSPS) is 18.4. The van der Waals surface area contributed by atoms with Gasteiger partial charge in [0.25, 0.3) is 0 Å². The smallest absolute Gasteiger partial charge is 0.225 e. The van der Waals surface area contributed by atoms with E-state index in [2.05, 4.69) is 14.2 Å². The van der Waals surface area contributed by atoms with Gasteiger partial charge in [0.2, 0.25) is 5.91 Å². The van der Waals surface area contributed by atoms with Gasteiger partial charge in [0.15, 0.2) is 0 Å². The molecule has 3 heterocycles. The molecule has 1 aliphatic carbocycles. The number of imidazole rings is 1. The van der Waals surface area contributed by atoms with Crippen LogP contribution in [0.25, 0.3) is 16.9 Å². The van der Waals surface area contributed by atoms with Crippen molar-refractivity contribution in [2.75, 3.05) is 26.2 Å². The average molecular weight is 407 g/mol. The van der Waals surface area contributed by atoms with Crippen molar-refractivity contribution < 1.29 is 9.18 Å². The van der Waals surface area contributed by atoms with Crippen LogP contribution in [0.15, 0.2) is 48.7 Å². The first-order valence-corrected chi connectivity index (χ1v) is 10.9. The van der Waals surface area contributed by atoms with Crippen molar-refractivity contribution in [1.29, 1.82) is 0 Å². The number of benzene rings is 1. The third-order valence-electron chi connectivity index (χ3n) is 6.51. The molecule has 0 radical (unpaired) electrons. The summed E-state index contributed by atoms with van der Waals surface area (Å²) >= 11 is 0. The fourth-order valence-corrected chi connectivity index (χ4v) is 4.81. The summed E-state index contributed by atoms with van der Waals surface area (Å²) in [6.45, 7) is 4.06. The highest BCUT2D eigenvalue weighted by atomic mass is 19.1. The maximum atomic E-state index is 13.4. The zero-order valence-corrected chi connectivity index (χ0v) is 17.1. The second-order valence-electron chi connectivity index (χ2n) is 8.43. The minimum absolute atomic E-state index is 0.243. The Balaban J connectivity index is 1.35. The minimum atomic E-state index is -0.243. The van der Waals surface area contributed by atoms with E-state index in [1.54, 1.807) is 12.1 Å². The van der Waals surface area contributed by atoms with Gasteiger partial charge >= 0.3 is 0 Å². The lowest BCUT2D eigenvalue weighted by atomic mass is 10.1. The van der Waals surface area contributed by atoms with E-state index in [-0.39, 0.29) is 11.7 Å². The molecule has 5 nitrogen and oxygen atoms in total. The monoisotopic (exact) mass is 406 g/mol. The van der Waals surface area contributed by atoms with E-state index in [1.807, 2.05) is 24.4 Å². The number of piperazine rings is 1. The molecule has 0 bridgehead atoms. The lowest BCUT2D eigenvalue weighted by Gasteiger charge is -2.36. The number of hydrogen-bond donors (Lipinski definition) is 0. The Morgan fingerprint density at radius 1 is 1.00 bits per heavy atom. The molecular formula is C24H27FN4O. The van der Waals surface area contributed by atoms with Gasteiger partial charge in [-0.3, -0.25) is 9.69 Å². The molecule has 3 aromatic rings. The van der Waals surface area contributed by atoms with Crippen LogP contribution in [0.1, 0.15) is 31.4 Å². The van der Waals surface area contributed by atoms with Gasteiger partial charge in [-0.05, 0) is 49.2 Å². The van der Waals surface area contributed by atoms with Crippen LogP contribution in [0.3, 0.4) is 0 Å². The number of rotatable bonds is 4. The summed E-state index contributed by atoms with van der Waals surface area (Å²) in [4.78, 5) is 22.0. The van der Waals surface area contributed by atoms with Gasteiger partial charge in [-0.2, -0.15) is 0 Å². The van der Waals surface area contributed by atoms with Gasteiger partial charge < -0.3 is 9.30 Å². The minimum Gasteiger partial charge on any atom is -0.340 e. The van der Waals surface area contributed by atoms with E-state index < -0.39 is 0 Å². The summed E-state index contributed by atoms with van der Waals surface area (Å²) in [6.07, 6.45) is 6.53. The van der Waals surface area contributed by atoms with Crippen molar-refractivity contribution >= 4 is 11.6 Å². The Labute approximate surface area is 176 Å². The van der Waals surface area contributed by atoms with Crippen molar-refractivity contribution in [2.45, 2.75) is 32.2 Å². The summed E-state index contributed by atoms with van der Waals surface area (Å²) in [7, 11) is 0. The van der Waals surface area contributed by atoms with Crippen LogP contribution in [0.2, 0.25) is 0 Å². The van der Waals surface area contributed by atoms with E-state index >= 15 is 0 Å². The zero-order chi connectivity index (χ0) is 20.5. The number of carbonyl (C=O) groups is 1. The number of amides is 1. The van der Waals surface area contributed by atoms with E-state index in [4.69, 9.17) is 4.98 Å². The van der Waals surface area contributed by atoms with E-state index in [9.17, 15) is 9.18 Å². The Bertz CT molecular complexity index is 1030. The van der Waals surface area contributed by atoms with Gasteiger partial charge in [0.1, 0.15) is 11.5 Å². The molecule has 2 aromatic heterocycles. The quantitative estimate of drug-likeness (QED) is 0.658. The van der Waals surface area contributed by atoms with Gasteiger partial charge in [-0.1, -0.05) is 18.9 Å². The first-order chi connectivity index (χ1) is 14.7. The van der Waals surface area contributed by atoms with E-state index in [0.29, 0.717) is 5.91 Å². The standard InChI is InChI=1S/C24H27FN4O/c25-20-10-8-18(9-11-20)23-21(29-12-4-3-7-22(29)26-23)17-27-13-15-28(16-14-27)24(30)19-5-1-2-6-19/h3-4,7-12,19H,1-2,5-6,13-17H2. The molecule has 30 heavy (non-hydrogen) atoms. The Kier molecular flexibility index (Phi) is 5.25. The number of aromatic nitrogens is 2. The molecule has 6 heteroatoms. The van der Waals surface area contributed by atoms with Gasteiger partial charge in [0.05, 0.1) is 11.4 Å². The molecule has 0 spiro atoms. The molecule has 2 fully saturated rings. The summed E-state index contributed by atoms with van der Waals surface area (Å²) in [5.74, 6) is 0.362. The van der Waals surface area contributed by atoms with Crippen LogP contribution in [0, 0.1) is 11.7 Å². The maximum absolute atomic E-state index is 13.4. The summed E-state index contributed by atoms with van der Waals surface area (Å²) in [6, 6.07) is 12.5. The summed E-state index contributed by atoms with van der Waals surface area (Å²) in [5, 5.41) is 0. The van der Waals surface area contributed by atoms with E-state index in [0.717, 1.165) is 68.2 Å². The zero-order valence-electron chi connectivity index (χ0n) is 17.1. The highest BCUT2D eigenvalue weighted by molar-refractivity contribution is 5.79. The third-order valence-corrected chi connectivity index (χ3v) is 6.51. The predicted octanol–water partition coefficient (Wildman–Crippen LogP) is 3.97. The molecule has 1 aromatic carbocycles. The number of hydrogen-bond acceptors (Lipinski definition) is 3. The Morgan fingerprint density at radius 2 is 1.73 bits per heavy atom. The third kappa shape index (κ3) is 3.72. The van der Waals surface area contributed by atoms with Crippen LogP contribution in [-0.4, -0.2) is 51.3 Å². The molecule has 1 aliphatic heterocycles. The van der Waals surface area contributed by atoms with Crippen molar-refractivity contribution in [1.82, 2.24) is 19.2 Å². The van der Waals surface area contributed by atoms with Gasteiger partial charge in [0, 0.05) is 50.4 Å². The van der Waals surface area contributed by atoms with Crippen molar-refractivity contribution in [2.24, 2.45) is 5.92 Å². The number of nitrogens with zero attached hydrogens (tertiary/aromatic N) is 4. The highest BCUT2D eigenvalue weighted by Crippen LogP contribution is 2.28. The molecule has 0 unspecified atom stereocenters. The second-order valence-corrected chi connectivity index (χ2v) is 8.43. The fraction of sp³-hybridized carbons (Fsp3) is 0.417. The molecular weight excluding hydrogens is 379 g/mol. The summed E-state index contributed by atoms with van der Waals surface area (Å²) < 4.78 is 15.5. The fourth-order valence-electron chi connectivity index (χ4n) is 4.81. The average Bonchev–Trinajstić information content (AvgIpc) is 3.43. The first-order valence-electron chi connectivity index (χ1n) is 10.9.